The minimum Gasteiger partial charge on any atom is -0.392 e. The number of para-hydroxylation sites is 2. The van der Waals surface area contributed by atoms with E-state index in [0.29, 0.717) is 12.3 Å². The van der Waals surface area contributed by atoms with E-state index in [0.717, 1.165) is 16.9 Å². The lowest BCUT2D eigenvalue weighted by atomic mass is 9.98. The van der Waals surface area contributed by atoms with Crippen molar-refractivity contribution in [3.63, 3.8) is 0 Å². The molecule has 1 heterocycles. The third-order valence-electron chi connectivity index (χ3n) is 4.22. The number of aliphatic hydroxyl groups is 1. The second-order valence-electron chi connectivity index (χ2n) is 5.39. The van der Waals surface area contributed by atoms with E-state index in [1.165, 1.54) is 25.7 Å². The van der Waals surface area contributed by atoms with Crippen molar-refractivity contribution in [2.75, 3.05) is 0 Å². The summed E-state index contributed by atoms with van der Waals surface area (Å²) in [4.78, 5) is 4.63. The van der Waals surface area contributed by atoms with E-state index in [4.69, 9.17) is 0 Å². The monoisotopic (exact) mass is 244 g/mol. The summed E-state index contributed by atoms with van der Waals surface area (Å²) in [5.41, 5.74) is 2.17. The third kappa shape index (κ3) is 2.03. The molecule has 96 valence electrons. The Hall–Kier alpha value is -1.35. The van der Waals surface area contributed by atoms with Crippen molar-refractivity contribution in [2.45, 2.75) is 38.2 Å². The van der Waals surface area contributed by atoms with Crippen molar-refractivity contribution in [1.82, 2.24) is 9.55 Å². The van der Waals surface area contributed by atoms with Crippen LogP contribution >= 0.6 is 0 Å². The first-order valence-electron chi connectivity index (χ1n) is 6.84. The number of aromatic nitrogens is 2. The normalized spacial score (nSPS) is 18.6. The second-order valence-corrected chi connectivity index (χ2v) is 5.39. The highest BCUT2D eigenvalue weighted by Gasteiger charge is 2.24. The summed E-state index contributed by atoms with van der Waals surface area (Å²) in [7, 11) is 2.03. The van der Waals surface area contributed by atoms with Crippen molar-refractivity contribution >= 4 is 11.0 Å². The van der Waals surface area contributed by atoms with Crippen LogP contribution in [0.5, 0.6) is 0 Å². The van der Waals surface area contributed by atoms with Crippen molar-refractivity contribution < 1.29 is 5.11 Å². The van der Waals surface area contributed by atoms with E-state index in [2.05, 4.69) is 15.6 Å². The molecule has 1 aromatic carbocycles. The summed E-state index contributed by atoms with van der Waals surface area (Å²) in [5, 5.41) is 10.3. The van der Waals surface area contributed by atoms with Gasteiger partial charge in [-0.2, -0.15) is 0 Å². The zero-order chi connectivity index (χ0) is 12.5. The Morgan fingerprint density at radius 3 is 2.78 bits per heavy atom. The molecule has 0 bridgehead atoms. The van der Waals surface area contributed by atoms with Crippen molar-refractivity contribution in [1.29, 1.82) is 0 Å². The van der Waals surface area contributed by atoms with Crippen LogP contribution in [0.3, 0.4) is 0 Å². The molecule has 0 aliphatic heterocycles. The molecule has 3 rings (SSSR count). The summed E-state index contributed by atoms with van der Waals surface area (Å²) in [6, 6.07) is 8.14. The molecule has 0 saturated heterocycles. The highest BCUT2D eigenvalue weighted by Crippen LogP contribution is 2.29. The van der Waals surface area contributed by atoms with Gasteiger partial charge in [0.25, 0.3) is 0 Å². The van der Waals surface area contributed by atoms with Gasteiger partial charge in [-0.15, -0.1) is 0 Å². The van der Waals surface area contributed by atoms with Gasteiger partial charge in [0, 0.05) is 13.5 Å². The van der Waals surface area contributed by atoms with Crippen molar-refractivity contribution in [3.8, 4) is 0 Å². The molecule has 1 fully saturated rings. The molecule has 1 aromatic heterocycles. The fraction of sp³-hybridized carbons (Fsp3) is 0.533. The Labute approximate surface area is 107 Å². The fourth-order valence-electron chi connectivity index (χ4n) is 3.07. The van der Waals surface area contributed by atoms with E-state index in [9.17, 15) is 5.11 Å². The third-order valence-corrected chi connectivity index (χ3v) is 4.22. The first kappa shape index (κ1) is 11.7. The molecule has 1 atom stereocenters. The highest BCUT2D eigenvalue weighted by molar-refractivity contribution is 5.75. The van der Waals surface area contributed by atoms with Crippen molar-refractivity contribution in [3.05, 3.63) is 30.1 Å². The van der Waals surface area contributed by atoms with Crippen molar-refractivity contribution in [2.24, 2.45) is 13.0 Å². The average molecular weight is 244 g/mol. The quantitative estimate of drug-likeness (QED) is 0.901. The first-order chi connectivity index (χ1) is 8.75. The van der Waals surface area contributed by atoms with Crippen LogP contribution in [0.25, 0.3) is 11.0 Å². The van der Waals surface area contributed by atoms with Gasteiger partial charge >= 0.3 is 0 Å². The van der Waals surface area contributed by atoms with Gasteiger partial charge in [0.1, 0.15) is 5.82 Å². The van der Waals surface area contributed by atoms with Gasteiger partial charge in [0.05, 0.1) is 17.1 Å². The van der Waals surface area contributed by atoms with Crippen LogP contribution < -0.4 is 0 Å². The predicted octanol–water partition coefficient (Wildman–Crippen LogP) is 2.67. The predicted molar refractivity (Wildman–Crippen MR) is 72.4 cm³/mol. The summed E-state index contributed by atoms with van der Waals surface area (Å²) >= 11 is 0. The molecule has 0 spiro atoms. The molecular weight excluding hydrogens is 224 g/mol. The maximum absolute atomic E-state index is 10.3. The molecule has 3 nitrogen and oxygen atoms in total. The maximum Gasteiger partial charge on any atom is 0.112 e. The maximum atomic E-state index is 10.3. The zero-order valence-electron chi connectivity index (χ0n) is 10.8. The molecule has 1 unspecified atom stereocenters. The molecule has 1 aliphatic rings. The molecule has 1 saturated carbocycles. The van der Waals surface area contributed by atoms with Gasteiger partial charge in [-0.25, -0.2) is 4.98 Å². The van der Waals surface area contributed by atoms with E-state index >= 15 is 0 Å². The smallest absolute Gasteiger partial charge is 0.112 e. The molecule has 3 heteroatoms. The number of nitrogens with zero attached hydrogens (tertiary/aromatic N) is 2. The van der Waals surface area contributed by atoms with E-state index < -0.39 is 0 Å². The Balaban J connectivity index is 1.83. The number of fused-ring (bicyclic) bond motifs is 1. The summed E-state index contributed by atoms with van der Waals surface area (Å²) in [6.07, 6.45) is 5.32. The first-order valence-corrected chi connectivity index (χ1v) is 6.84. The number of aliphatic hydroxyl groups excluding tert-OH is 1. The van der Waals surface area contributed by atoms with Crippen LogP contribution in [0.2, 0.25) is 0 Å². The standard InChI is InChI=1S/C15H20N2O/c1-17-13-9-5-4-8-12(13)16-15(17)10-14(18)11-6-2-3-7-11/h4-5,8-9,11,14,18H,2-3,6-7,10H2,1H3. The summed E-state index contributed by atoms with van der Waals surface area (Å²) < 4.78 is 2.10. The van der Waals surface area contributed by atoms with Gasteiger partial charge in [0.2, 0.25) is 0 Å². The Kier molecular flexibility index (Phi) is 3.08. The molecule has 18 heavy (non-hydrogen) atoms. The Bertz CT molecular complexity index is 540. The Morgan fingerprint density at radius 1 is 1.33 bits per heavy atom. The van der Waals surface area contributed by atoms with Crippen LogP contribution in [0.1, 0.15) is 31.5 Å². The number of hydrogen-bond acceptors (Lipinski definition) is 2. The molecule has 0 amide bonds. The topological polar surface area (TPSA) is 38.0 Å². The number of hydrogen-bond donors (Lipinski definition) is 1. The number of aryl methyl sites for hydroxylation is 1. The second kappa shape index (κ2) is 4.73. The van der Waals surface area contributed by atoms with Crippen LogP contribution in [0.4, 0.5) is 0 Å². The van der Waals surface area contributed by atoms with Crippen LogP contribution in [-0.4, -0.2) is 20.8 Å². The number of benzene rings is 1. The molecular formula is C15H20N2O. The summed E-state index contributed by atoms with van der Waals surface area (Å²) in [6.45, 7) is 0. The minimum absolute atomic E-state index is 0.233. The summed E-state index contributed by atoms with van der Waals surface area (Å²) in [5.74, 6) is 1.47. The SMILES string of the molecule is Cn1c(CC(O)C2CCCC2)nc2ccccc21. The van der Waals surface area contributed by atoms with E-state index in [1.807, 2.05) is 25.2 Å². The lowest BCUT2D eigenvalue weighted by molar-refractivity contribution is 0.108. The molecule has 1 aliphatic carbocycles. The minimum atomic E-state index is -0.233. The van der Waals surface area contributed by atoms with E-state index in [-0.39, 0.29) is 6.10 Å². The molecule has 2 aromatic rings. The van der Waals surface area contributed by atoms with Gasteiger partial charge in [-0.3, -0.25) is 0 Å². The zero-order valence-corrected chi connectivity index (χ0v) is 10.8. The fourth-order valence-corrected chi connectivity index (χ4v) is 3.07. The van der Waals surface area contributed by atoms with Crippen LogP contribution in [-0.2, 0) is 13.5 Å². The van der Waals surface area contributed by atoms with Gasteiger partial charge in [0.15, 0.2) is 0 Å². The lowest BCUT2D eigenvalue weighted by Crippen LogP contribution is -2.22. The molecule has 0 radical (unpaired) electrons. The number of rotatable bonds is 3. The highest BCUT2D eigenvalue weighted by atomic mass is 16.3. The Morgan fingerprint density at radius 2 is 2.06 bits per heavy atom. The van der Waals surface area contributed by atoms with E-state index in [1.54, 1.807) is 0 Å². The van der Waals surface area contributed by atoms with Gasteiger partial charge in [-0.05, 0) is 30.9 Å². The van der Waals surface area contributed by atoms with Gasteiger partial charge in [-0.1, -0.05) is 25.0 Å². The van der Waals surface area contributed by atoms with Crippen LogP contribution in [0, 0.1) is 5.92 Å². The molecule has 1 N–H and O–H groups in total. The lowest BCUT2D eigenvalue weighted by Gasteiger charge is -2.17. The number of imidazole rings is 1. The average Bonchev–Trinajstić information content (AvgIpc) is 3.00. The largest absolute Gasteiger partial charge is 0.392 e. The van der Waals surface area contributed by atoms with Crippen LogP contribution in [0.15, 0.2) is 24.3 Å². The van der Waals surface area contributed by atoms with Gasteiger partial charge < -0.3 is 9.67 Å².